The molecule has 2 aliphatic heterocycles. The molecule has 37 heavy (non-hydrogen) atoms. The summed E-state index contributed by atoms with van der Waals surface area (Å²) in [5, 5.41) is 2.50. The van der Waals surface area contributed by atoms with Crippen LogP contribution in [0.2, 0.25) is 0 Å². The van der Waals surface area contributed by atoms with Crippen LogP contribution >= 0.6 is 0 Å². The van der Waals surface area contributed by atoms with Crippen molar-refractivity contribution in [3.63, 3.8) is 0 Å². The Morgan fingerprint density at radius 2 is 2.03 bits per heavy atom. The highest BCUT2D eigenvalue weighted by molar-refractivity contribution is 5.89. The second-order valence-electron chi connectivity index (χ2n) is 10.8. The Hall–Kier alpha value is -3.21. The fraction of sp³-hybridized carbons (Fsp3) is 0.500. The summed E-state index contributed by atoms with van der Waals surface area (Å²) in [4.78, 5) is 18.0. The number of nitrogens with zero attached hydrogens (tertiary/aromatic N) is 5. The van der Waals surface area contributed by atoms with E-state index >= 15 is 0 Å². The number of fused-ring (bicyclic) bond motifs is 2. The molecule has 2 aliphatic rings. The van der Waals surface area contributed by atoms with Crippen LogP contribution < -0.4 is 9.64 Å². The summed E-state index contributed by atoms with van der Waals surface area (Å²) in [7, 11) is 4.08. The summed E-state index contributed by atoms with van der Waals surface area (Å²) in [6.07, 6.45) is 2.71. The summed E-state index contributed by atoms with van der Waals surface area (Å²) >= 11 is 0. The van der Waals surface area contributed by atoms with E-state index in [1.165, 1.54) is 21.9 Å². The third-order valence-electron chi connectivity index (χ3n) is 7.45. The highest BCUT2D eigenvalue weighted by Crippen LogP contribution is 2.39. The third kappa shape index (κ3) is 5.56. The molecule has 2 unspecified atom stereocenters. The van der Waals surface area contributed by atoms with E-state index in [9.17, 15) is 0 Å². The van der Waals surface area contributed by atoms with Crippen LogP contribution in [-0.4, -0.2) is 61.2 Å². The molecule has 7 heteroatoms. The molecule has 5 rings (SSSR count). The van der Waals surface area contributed by atoms with Crippen molar-refractivity contribution in [2.75, 3.05) is 45.2 Å². The molecule has 1 saturated heterocycles. The zero-order valence-electron chi connectivity index (χ0n) is 22.4. The predicted octanol–water partition coefficient (Wildman–Crippen LogP) is 5.22. The van der Waals surface area contributed by atoms with Crippen molar-refractivity contribution in [3.8, 4) is 6.01 Å². The molecule has 1 aromatic heterocycles. The summed E-state index contributed by atoms with van der Waals surface area (Å²) in [6.45, 7) is 15.1. The van der Waals surface area contributed by atoms with E-state index < -0.39 is 0 Å². The molecule has 0 N–H and O–H groups in total. The molecule has 7 nitrogen and oxygen atoms in total. The van der Waals surface area contributed by atoms with Gasteiger partial charge < -0.3 is 24.1 Å². The average molecular weight is 500 g/mol. The van der Waals surface area contributed by atoms with Gasteiger partial charge in [0.2, 0.25) is 6.54 Å². The van der Waals surface area contributed by atoms with Gasteiger partial charge in [-0.25, -0.2) is 6.57 Å². The van der Waals surface area contributed by atoms with E-state index in [2.05, 4.69) is 64.9 Å². The van der Waals surface area contributed by atoms with Gasteiger partial charge in [0.15, 0.2) is 0 Å². The number of likely N-dealkylation sites (N-methyl/N-ethyl adjacent to an activating group) is 1. The maximum Gasteiger partial charge on any atom is 0.318 e. The molecule has 0 amide bonds. The third-order valence-corrected chi connectivity index (χ3v) is 7.45. The van der Waals surface area contributed by atoms with Crippen molar-refractivity contribution >= 4 is 16.6 Å². The molecular formula is C30H37N5O2. The number of anilines is 1. The Morgan fingerprint density at radius 3 is 2.81 bits per heavy atom. The van der Waals surface area contributed by atoms with Crippen LogP contribution in [-0.2, 0) is 17.8 Å². The Balaban J connectivity index is 1.51. The van der Waals surface area contributed by atoms with Gasteiger partial charge in [-0.3, -0.25) is 0 Å². The fourth-order valence-electron chi connectivity index (χ4n) is 5.84. The zero-order valence-corrected chi connectivity index (χ0v) is 22.4. The number of hydrogen-bond acceptors (Lipinski definition) is 6. The van der Waals surface area contributed by atoms with Crippen LogP contribution in [0.5, 0.6) is 6.01 Å². The molecule has 3 heterocycles. The lowest BCUT2D eigenvalue weighted by atomic mass is 9.92. The normalized spacial score (nSPS) is 20.5. The average Bonchev–Trinajstić information content (AvgIpc) is 2.87. The lowest BCUT2D eigenvalue weighted by Gasteiger charge is -2.35. The highest BCUT2D eigenvalue weighted by atomic mass is 16.5. The SMILES string of the molecule is [C-]#[N+]C[C@@H]1CCCN(c2nc(OC(C)CN(C)C)nc3c2COC(c2cccc4cccc(C)c24)C3)C1. The van der Waals surface area contributed by atoms with Crippen molar-refractivity contribution in [1.82, 2.24) is 14.9 Å². The van der Waals surface area contributed by atoms with Crippen molar-refractivity contribution < 1.29 is 9.47 Å². The van der Waals surface area contributed by atoms with Crippen molar-refractivity contribution in [2.24, 2.45) is 5.92 Å². The first-order valence-electron chi connectivity index (χ1n) is 13.3. The summed E-state index contributed by atoms with van der Waals surface area (Å²) in [5.41, 5.74) is 4.53. The molecule has 2 aromatic carbocycles. The Kier molecular flexibility index (Phi) is 7.59. The van der Waals surface area contributed by atoms with Gasteiger partial charge in [0, 0.05) is 37.5 Å². The van der Waals surface area contributed by atoms with Gasteiger partial charge in [-0.15, -0.1) is 0 Å². The first kappa shape index (κ1) is 25.4. The summed E-state index contributed by atoms with van der Waals surface area (Å²) in [6, 6.07) is 13.3. The maximum absolute atomic E-state index is 7.34. The number of rotatable bonds is 7. The minimum absolute atomic E-state index is 0.0338. The molecule has 1 fully saturated rings. The van der Waals surface area contributed by atoms with E-state index in [0.717, 1.165) is 49.6 Å². The van der Waals surface area contributed by atoms with Gasteiger partial charge in [-0.1, -0.05) is 36.4 Å². The molecule has 3 atom stereocenters. The Labute approximate surface area is 220 Å². The minimum Gasteiger partial charge on any atom is -0.459 e. The molecule has 0 saturated carbocycles. The number of aromatic nitrogens is 2. The van der Waals surface area contributed by atoms with Crippen LogP contribution in [0.3, 0.4) is 0 Å². The molecule has 3 aromatic rings. The number of ether oxygens (including phenoxy) is 2. The fourth-order valence-corrected chi connectivity index (χ4v) is 5.84. The van der Waals surface area contributed by atoms with E-state index in [1.807, 2.05) is 14.1 Å². The zero-order chi connectivity index (χ0) is 25.9. The topological polar surface area (TPSA) is 55.1 Å². The standard InChI is InChI=1S/C30H37N5O2/c1-20-9-6-11-23-12-7-13-24(28(20)23)27-15-26-25(19-36-27)29(35-14-8-10-22(18-35)16-31-3)33-30(32-26)37-21(2)17-34(4)5/h6-7,9,11-13,21-22,27H,8,10,14-19H2,1-2,4-5H3/t21?,22-,27?/m0/s1. The molecule has 0 aliphatic carbocycles. The van der Waals surface area contributed by atoms with Gasteiger partial charge >= 0.3 is 6.01 Å². The van der Waals surface area contributed by atoms with E-state index in [0.29, 0.717) is 31.5 Å². The molecular weight excluding hydrogens is 462 g/mol. The number of aryl methyl sites for hydroxylation is 1. The second-order valence-corrected chi connectivity index (χ2v) is 10.8. The van der Waals surface area contributed by atoms with E-state index in [-0.39, 0.29) is 12.2 Å². The van der Waals surface area contributed by atoms with Gasteiger partial charge in [0.25, 0.3) is 0 Å². The van der Waals surface area contributed by atoms with Crippen molar-refractivity contribution in [3.05, 3.63) is 70.2 Å². The monoisotopic (exact) mass is 499 g/mol. The van der Waals surface area contributed by atoms with Crippen LogP contribution in [0.25, 0.3) is 15.6 Å². The smallest absolute Gasteiger partial charge is 0.318 e. The highest BCUT2D eigenvalue weighted by Gasteiger charge is 2.32. The van der Waals surface area contributed by atoms with E-state index in [1.54, 1.807) is 0 Å². The number of benzene rings is 2. The predicted molar refractivity (Wildman–Crippen MR) is 147 cm³/mol. The van der Waals surface area contributed by atoms with Gasteiger partial charge in [-0.2, -0.15) is 9.97 Å². The van der Waals surface area contributed by atoms with Gasteiger partial charge in [-0.05, 0) is 62.7 Å². The first-order chi connectivity index (χ1) is 17.9. The maximum atomic E-state index is 7.34. The Bertz CT molecular complexity index is 1300. The van der Waals surface area contributed by atoms with Crippen molar-refractivity contribution in [2.45, 2.75) is 51.9 Å². The molecule has 194 valence electrons. The quantitative estimate of drug-likeness (QED) is 0.416. The van der Waals surface area contributed by atoms with Crippen LogP contribution in [0.1, 0.15) is 48.3 Å². The summed E-state index contributed by atoms with van der Waals surface area (Å²) in [5.74, 6) is 1.28. The summed E-state index contributed by atoms with van der Waals surface area (Å²) < 4.78 is 12.8. The Morgan fingerprint density at radius 1 is 1.22 bits per heavy atom. The van der Waals surface area contributed by atoms with E-state index in [4.69, 9.17) is 26.0 Å². The minimum atomic E-state index is -0.0803. The van der Waals surface area contributed by atoms with Crippen molar-refractivity contribution in [1.29, 1.82) is 0 Å². The molecule has 0 radical (unpaired) electrons. The number of piperidine rings is 1. The molecule has 0 spiro atoms. The lowest BCUT2D eigenvalue weighted by molar-refractivity contribution is 0.0263. The molecule has 0 bridgehead atoms. The lowest BCUT2D eigenvalue weighted by Crippen LogP contribution is -2.38. The largest absolute Gasteiger partial charge is 0.459 e. The van der Waals surface area contributed by atoms with Gasteiger partial charge in [0.1, 0.15) is 11.9 Å². The van der Waals surface area contributed by atoms with Crippen LogP contribution in [0, 0.1) is 19.4 Å². The second kappa shape index (κ2) is 11.0. The van der Waals surface area contributed by atoms with Crippen LogP contribution in [0.15, 0.2) is 36.4 Å². The van der Waals surface area contributed by atoms with Gasteiger partial charge in [0.05, 0.1) is 18.4 Å². The first-order valence-corrected chi connectivity index (χ1v) is 13.3. The van der Waals surface area contributed by atoms with Crippen LogP contribution in [0.4, 0.5) is 5.82 Å². The number of hydrogen-bond donors (Lipinski definition) is 0.